The molecule has 1 atom stereocenters. The van der Waals surface area contributed by atoms with Crippen molar-refractivity contribution in [1.29, 1.82) is 0 Å². The first-order valence-electron chi connectivity index (χ1n) is 11.1. The Morgan fingerprint density at radius 1 is 1.21 bits per heavy atom. The van der Waals surface area contributed by atoms with E-state index in [9.17, 15) is 23.5 Å². The highest BCUT2D eigenvalue weighted by Gasteiger charge is 2.45. The van der Waals surface area contributed by atoms with Crippen LogP contribution in [0.4, 0.5) is 8.78 Å². The number of fused-ring (bicyclic) bond motifs is 5. The third-order valence-electron chi connectivity index (χ3n) is 6.95. The molecular weight excluding hydrogens is 430 g/mol. The van der Waals surface area contributed by atoms with Crippen molar-refractivity contribution in [3.8, 4) is 11.4 Å². The minimum atomic E-state index is -1.92. The number of hydrogen-bond donors (Lipinski definition) is 1. The summed E-state index contributed by atoms with van der Waals surface area (Å²) >= 11 is 0. The number of nitrogens with zero attached hydrogens (tertiary/aromatic N) is 2. The molecule has 0 saturated carbocycles. The minimum Gasteiger partial charge on any atom is -0.458 e. The summed E-state index contributed by atoms with van der Waals surface area (Å²) in [5, 5.41) is 11.6. The van der Waals surface area contributed by atoms with Gasteiger partial charge in [-0.3, -0.25) is 4.79 Å². The van der Waals surface area contributed by atoms with Gasteiger partial charge in [-0.25, -0.2) is 18.6 Å². The molecule has 4 heterocycles. The maximum Gasteiger partial charge on any atom is 0.343 e. The highest BCUT2D eigenvalue weighted by molar-refractivity contribution is 5.92. The van der Waals surface area contributed by atoms with E-state index in [-0.39, 0.29) is 47.7 Å². The summed E-state index contributed by atoms with van der Waals surface area (Å²) in [4.78, 5) is 30.4. The van der Waals surface area contributed by atoms with Gasteiger partial charge < -0.3 is 14.4 Å². The molecule has 0 amide bonds. The van der Waals surface area contributed by atoms with Gasteiger partial charge in [-0.15, -0.1) is 0 Å². The van der Waals surface area contributed by atoms with Crippen molar-refractivity contribution in [3.05, 3.63) is 61.9 Å². The van der Waals surface area contributed by atoms with Gasteiger partial charge in [-0.05, 0) is 30.4 Å². The molecule has 1 N–H and O–H groups in total. The number of cyclic esters (lactones) is 1. The Morgan fingerprint density at radius 3 is 2.58 bits per heavy atom. The molecule has 0 unspecified atom stereocenters. The summed E-state index contributed by atoms with van der Waals surface area (Å²) in [7, 11) is 0. The summed E-state index contributed by atoms with van der Waals surface area (Å²) in [6, 6.07) is 2.71. The zero-order valence-electron chi connectivity index (χ0n) is 18.9. The zero-order chi connectivity index (χ0) is 23.8. The number of aryl methyl sites for hydroxylation is 1. The number of esters is 1. The lowest BCUT2D eigenvalue weighted by Crippen LogP contribution is -2.44. The zero-order valence-corrected chi connectivity index (χ0v) is 18.9. The Bertz CT molecular complexity index is 1430. The van der Waals surface area contributed by atoms with E-state index in [4.69, 9.17) is 4.74 Å². The van der Waals surface area contributed by atoms with Gasteiger partial charge in [0, 0.05) is 28.1 Å². The largest absolute Gasteiger partial charge is 0.458 e. The van der Waals surface area contributed by atoms with E-state index in [0.717, 1.165) is 17.2 Å². The summed E-state index contributed by atoms with van der Waals surface area (Å²) in [5.74, 6) is -2.90. The van der Waals surface area contributed by atoms with Crippen LogP contribution < -0.4 is 5.56 Å². The van der Waals surface area contributed by atoms with Crippen LogP contribution in [0.15, 0.2) is 16.9 Å². The predicted octanol–water partition coefficient (Wildman–Crippen LogP) is 4.04. The van der Waals surface area contributed by atoms with E-state index in [1.807, 2.05) is 6.92 Å². The fourth-order valence-electron chi connectivity index (χ4n) is 5.24. The van der Waals surface area contributed by atoms with Crippen molar-refractivity contribution in [2.24, 2.45) is 0 Å². The third kappa shape index (κ3) is 2.76. The van der Waals surface area contributed by atoms with Gasteiger partial charge >= 0.3 is 5.97 Å². The van der Waals surface area contributed by atoms with Crippen LogP contribution in [-0.2, 0) is 34.7 Å². The molecule has 1 aromatic carbocycles. The maximum atomic E-state index is 14.8. The number of aliphatic hydroxyl groups is 1. The number of rotatable bonds is 3. The van der Waals surface area contributed by atoms with Gasteiger partial charge in [-0.1, -0.05) is 27.7 Å². The summed E-state index contributed by atoms with van der Waals surface area (Å²) in [6.45, 7) is 7.19. The molecule has 6 nitrogen and oxygen atoms in total. The lowest BCUT2D eigenvalue weighted by Gasteiger charge is -2.31. The van der Waals surface area contributed by atoms with E-state index in [1.54, 1.807) is 26.8 Å². The lowest BCUT2D eigenvalue weighted by atomic mass is 9.86. The van der Waals surface area contributed by atoms with Crippen LogP contribution >= 0.6 is 0 Å². The molecule has 0 radical (unpaired) electrons. The van der Waals surface area contributed by atoms with Crippen LogP contribution in [0.2, 0.25) is 0 Å². The molecule has 0 saturated heterocycles. The quantitative estimate of drug-likeness (QED) is 0.473. The minimum absolute atomic E-state index is 0.0438. The van der Waals surface area contributed by atoms with Crippen molar-refractivity contribution in [2.45, 2.75) is 65.2 Å². The van der Waals surface area contributed by atoms with E-state index in [1.165, 1.54) is 4.57 Å². The van der Waals surface area contributed by atoms with Crippen molar-refractivity contribution in [2.75, 3.05) is 0 Å². The standard InChI is InChI=1S/C25H24F2N2O4/c1-5-12-13-9-29-18(7-15-14(23(29)30)10-33-24(31)25(15,32)6-2)22(13)28-17-8-16(26)21(27)19(11(3)4)20(12)17/h7-8,11,32H,5-6,9-10H2,1-4H3/t25-/m0/s1. The number of aromatic nitrogens is 2. The summed E-state index contributed by atoms with van der Waals surface area (Å²) in [5.41, 5.74) is 1.27. The first-order chi connectivity index (χ1) is 15.6. The highest BCUT2D eigenvalue weighted by atomic mass is 19.2. The Hall–Kier alpha value is -3.13. The lowest BCUT2D eigenvalue weighted by molar-refractivity contribution is -0.172. The molecule has 172 valence electrons. The van der Waals surface area contributed by atoms with E-state index < -0.39 is 23.2 Å². The van der Waals surface area contributed by atoms with Gasteiger partial charge in [0.05, 0.1) is 29.0 Å². The highest BCUT2D eigenvalue weighted by Crippen LogP contribution is 2.42. The normalized spacial score (nSPS) is 19.0. The molecule has 2 aliphatic heterocycles. The van der Waals surface area contributed by atoms with Crippen molar-refractivity contribution < 1.29 is 23.4 Å². The molecule has 0 fully saturated rings. The number of benzene rings is 1. The monoisotopic (exact) mass is 454 g/mol. The van der Waals surface area contributed by atoms with Crippen LogP contribution in [-0.4, -0.2) is 20.6 Å². The number of halogens is 2. The molecule has 0 spiro atoms. The Labute approximate surface area is 188 Å². The van der Waals surface area contributed by atoms with Crippen molar-refractivity contribution in [1.82, 2.24) is 9.55 Å². The summed E-state index contributed by atoms with van der Waals surface area (Å²) < 4.78 is 35.9. The number of carbonyl (C=O) groups is 1. The van der Waals surface area contributed by atoms with E-state index in [2.05, 4.69) is 4.98 Å². The predicted molar refractivity (Wildman–Crippen MR) is 118 cm³/mol. The molecule has 3 aromatic rings. The van der Waals surface area contributed by atoms with E-state index >= 15 is 0 Å². The second kappa shape index (κ2) is 7.18. The van der Waals surface area contributed by atoms with Gasteiger partial charge in [0.1, 0.15) is 6.61 Å². The average molecular weight is 454 g/mol. The van der Waals surface area contributed by atoms with Gasteiger partial charge in [0.25, 0.3) is 5.56 Å². The van der Waals surface area contributed by atoms with Crippen LogP contribution in [0.5, 0.6) is 0 Å². The second-order valence-electron chi connectivity index (χ2n) is 9.01. The molecule has 0 bridgehead atoms. The Morgan fingerprint density at radius 2 is 1.94 bits per heavy atom. The molecule has 0 aliphatic carbocycles. The fraction of sp³-hybridized carbons (Fsp3) is 0.400. The van der Waals surface area contributed by atoms with Crippen LogP contribution in [0, 0.1) is 11.6 Å². The molecule has 33 heavy (non-hydrogen) atoms. The number of hydrogen-bond acceptors (Lipinski definition) is 5. The number of carbonyl (C=O) groups excluding carboxylic acids is 1. The fourth-order valence-corrected chi connectivity index (χ4v) is 5.24. The SMILES string of the molecule is CCc1c2c(nc3cc(F)c(F)c(C(C)C)c13)-c1cc3c(c(=O)n1C2)COC(=O)[C@]3(O)CC. The van der Waals surface area contributed by atoms with Crippen molar-refractivity contribution >= 4 is 16.9 Å². The molecule has 8 heteroatoms. The first-order valence-corrected chi connectivity index (χ1v) is 11.1. The maximum absolute atomic E-state index is 14.8. The number of pyridine rings is 2. The van der Waals surface area contributed by atoms with Crippen molar-refractivity contribution in [3.63, 3.8) is 0 Å². The Balaban J connectivity index is 1.87. The van der Waals surface area contributed by atoms with Gasteiger partial charge in [0.15, 0.2) is 17.2 Å². The number of ether oxygens (including phenoxy) is 1. The molecular formula is C25H24F2N2O4. The molecule has 5 rings (SSSR count). The van der Waals surface area contributed by atoms with Gasteiger partial charge in [0.2, 0.25) is 0 Å². The molecule has 2 aromatic heterocycles. The first kappa shape index (κ1) is 21.7. The van der Waals surface area contributed by atoms with Gasteiger partial charge in [-0.2, -0.15) is 0 Å². The third-order valence-corrected chi connectivity index (χ3v) is 6.95. The smallest absolute Gasteiger partial charge is 0.343 e. The van der Waals surface area contributed by atoms with E-state index in [0.29, 0.717) is 28.7 Å². The average Bonchev–Trinajstić information content (AvgIpc) is 3.14. The van der Waals surface area contributed by atoms with Crippen LogP contribution in [0.1, 0.15) is 67.9 Å². The summed E-state index contributed by atoms with van der Waals surface area (Å²) in [6.07, 6.45) is 0.581. The van der Waals surface area contributed by atoms with Crippen LogP contribution in [0.25, 0.3) is 22.3 Å². The second-order valence-corrected chi connectivity index (χ2v) is 9.01. The van der Waals surface area contributed by atoms with Crippen LogP contribution in [0.3, 0.4) is 0 Å². The topological polar surface area (TPSA) is 81.4 Å². The molecule has 2 aliphatic rings. The Kier molecular flexibility index (Phi) is 4.72.